The molecule has 0 saturated carbocycles. The fraction of sp³-hybridized carbons (Fsp3) is 0.111. The second-order valence-electron chi connectivity index (χ2n) is 5.54. The highest BCUT2D eigenvalue weighted by atomic mass is 16.1. The molecular formula is C18H18N6O. The van der Waals surface area contributed by atoms with E-state index in [1.54, 1.807) is 18.3 Å². The number of nitrogens with one attached hydrogen (secondary N) is 3. The minimum atomic E-state index is -0.126. The molecule has 7 heteroatoms. The highest BCUT2D eigenvalue weighted by Gasteiger charge is 2.03. The van der Waals surface area contributed by atoms with Crippen molar-refractivity contribution in [3.05, 3.63) is 60.3 Å². The highest BCUT2D eigenvalue weighted by Crippen LogP contribution is 2.19. The van der Waals surface area contributed by atoms with Gasteiger partial charge in [0.15, 0.2) is 5.82 Å². The van der Waals surface area contributed by atoms with Crippen LogP contribution in [0.4, 0.5) is 28.8 Å². The van der Waals surface area contributed by atoms with E-state index in [1.807, 2.05) is 43.3 Å². The summed E-state index contributed by atoms with van der Waals surface area (Å²) in [4.78, 5) is 15.5. The molecule has 3 rings (SSSR count). The van der Waals surface area contributed by atoms with Gasteiger partial charge in [0.2, 0.25) is 11.9 Å². The second kappa shape index (κ2) is 7.39. The number of benzene rings is 2. The zero-order valence-electron chi connectivity index (χ0n) is 13.9. The number of carbonyl (C=O) groups is 1. The Balaban J connectivity index is 1.73. The van der Waals surface area contributed by atoms with Gasteiger partial charge in [-0.05, 0) is 37.3 Å². The molecule has 1 heterocycles. The zero-order chi connectivity index (χ0) is 17.6. The Bertz CT molecular complexity index is 879. The smallest absolute Gasteiger partial charge is 0.249 e. The van der Waals surface area contributed by atoms with Crippen LogP contribution in [-0.2, 0) is 4.79 Å². The average molecular weight is 334 g/mol. The molecule has 0 radical (unpaired) electrons. The topological polar surface area (TPSA) is 91.8 Å². The molecule has 3 aromatic rings. The number of amides is 1. The van der Waals surface area contributed by atoms with Gasteiger partial charge in [-0.15, -0.1) is 5.10 Å². The van der Waals surface area contributed by atoms with Gasteiger partial charge in [0.25, 0.3) is 0 Å². The van der Waals surface area contributed by atoms with E-state index < -0.39 is 0 Å². The maximum Gasteiger partial charge on any atom is 0.249 e. The molecule has 0 bridgehead atoms. The largest absolute Gasteiger partial charge is 0.339 e. The molecule has 7 nitrogen and oxygen atoms in total. The van der Waals surface area contributed by atoms with Crippen molar-refractivity contribution in [1.29, 1.82) is 0 Å². The van der Waals surface area contributed by atoms with Gasteiger partial charge >= 0.3 is 0 Å². The number of hydrogen-bond donors (Lipinski definition) is 3. The molecule has 126 valence electrons. The number of aryl methyl sites for hydroxylation is 1. The van der Waals surface area contributed by atoms with Gasteiger partial charge in [-0.2, -0.15) is 10.1 Å². The standard InChI is InChI=1S/C18H18N6O/c1-12-6-8-14(9-7-12)21-17-11-19-24-18(23-17)22-16-5-3-4-15(10-16)20-13(2)25/h3-11H,1-2H3,(H,20,25)(H2,21,22,23,24). The molecule has 2 aromatic carbocycles. The third-order valence-electron chi connectivity index (χ3n) is 3.32. The summed E-state index contributed by atoms with van der Waals surface area (Å²) in [6, 6.07) is 15.3. The van der Waals surface area contributed by atoms with E-state index in [0.717, 1.165) is 11.4 Å². The summed E-state index contributed by atoms with van der Waals surface area (Å²) in [6.45, 7) is 3.50. The van der Waals surface area contributed by atoms with Crippen LogP contribution in [0.1, 0.15) is 12.5 Å². The first kappa shape index (κ1) is 16.4. The summed E-state index contributed by atoms with van der Waals surface area (Å²) < 4.78 is 0. The van der Waals surface area contributed by atoms with Crippen molar-refractivity contribution in [3.8, 4) is 0 Å². The van der Waals surface area contributed by atoms with E-state index in [9.17, 15) is 4.79 Å². The van der Waals surface area contributed by atoms with E-state index in [2.05, 4.69) is 31.1 Å². The molecule has 1 aromatic heterocycles. The molecule has 3 N–H and O–H groups in total. The van der Waals surface area contributed by atoms with Gasteiger partial charge in [-0.1, -0.05) is 23.8 Å². The third-order valence-corrected chi connectivity index (χ3v) is 3.32. The van der Waals surface area contributed by atoms with Crippen LogP contribution in [0, 0.1) is 6.92 Å². The monoisotopic (exact) mass is 334 g/mol. The molecular weight excluding hydrogens is 316 g/mol. The summed E-state index contributed by atoms with van der Waals surface area (Å²) in [6.07, 6.45) is 1.55. The fourth-order valence-electron chi connectivity index (χ4n) is 2.21. The second-order valence-corrected chi connectivity index (χ2v) is 5.54. The minimum absolute atomic E-state index is 0.126. The summed E-state index contributed by atoms with van der Waals surface area (Å²) in [7, 11) is 0. The van der Waals surface area contributed by atoms with Crippen molar-refractivity contribution in [3.63, 3.8) is 0 Å². The summed E-state index contributed by atoms with van der Waals surface area (Å²) in [5.74, 6) is 0.816. The Morgan fingerprint density at radius 3 is 2.48 bits per heavy atom. The van der Waals surface area contributed by atoms with Gasteiger partial charge < -0.3 is 16.0 Å². The maximum absolute atomic E-state index is 11.1. The van der Waals surface area contributed by atoms with Crippen LogP contribution in [0.15, 0.2) is 54.7 Å². The lowest BCUT2D eigenvalue weighted by molar-refractivity contribution is -0.114. The number of nitrogens with zero attached hydrogens (tertiary/aromatic N) is 3. The number of rotatable bonds is 5. The first-order chi connectivity index (χ1) is 12.1. The Hall–Kier alpha value is -3.48. The van der Waals surface area contributed by atoms with Gasteiger partial charge in [0.05, 0.1) is 6.20 Å². The first-order valence-electron chi connectivity index (χ1n) is 7.76. The Morgan fingerprint density at radius 1 is 0.960 bits per heavy atom. The van der Waals surface area contributed by atoms with Crippen LogP contribution < -0.4 is 16.0 Å². The van der Waals surface area contributed by atoms with E-state index in [1.165, 1.54) is 12.5 Å². The van der Waals surface area contributed by atoms with E-state index >= 15 is 0 Å². The van der Waals surface area contributed by atoms with E-state index in [4.69, 9.17) is 0 Å². The van der Waals surface area contributed by atoms with Gasteiger partial charge in [-0.25, -0.2) is 0 Å². The zero-order valence-corrected chi connectivity index (χ0v) is 13.9. The lowest BCUT2D eigenvalue weighted by Gasteiger charge is -2.09. The maximum atomic E-state index is 11.1. The number of carbonyl (C=O) groups excluding carboxylic acids is 1. The normalized spacial score (nSPS) is 10.2. The number of aromatic nitrogens is 3. The Labute approximate surface area is 145 Å². The van der Waals surface area contributed by atoms with Crippen molar-refractivity contribution in [2.45, 2.75) is 13.8 Å². The lowest BCUT2D eigenvalue weighted by Crippen LogP contribution is -2.06. The van der Waals surface area contributed by atoms with Crippen molar-refractivity contribution >= 4 is 34.7 Å². The Morgan fingerprint density at radius 2 is 1.72 bits per heavy atom. The predicted molar refractivity (Wildman–Crippen MR) is 98.3 cm³/mol. The SMILES string of the molecule is CC(=O)Nc1cccc(Nc2nncc(Nc3ccc(C)cc3)n2)c1. The van der Waals surface area contributed by atoms with E-state index in [0.29, 0.717) is 17.5 Å². The van der Waals surface area contributed by atoms with Crippen LogP contribution in [0.5, 0.6) is 0 Å². The van der Waals surface area contributed by atoms with Crippen LogP contribution >= 0.6 is 0 Å². The molecule has 1 amide bonds. The number of anilines is 5. The van der Waals surface area contributed by atoms with Crippen LogP contribution in [0.3, 0.4) is 0 Å². The molecule has 0 unspecified atom stereocenters. The molecule has 0 saturated heterocycles. The van der Waals surface area contributed by atoms with Crippen molar-refractivity contribution in [2.75, 3.05) is 16.0 Å². The van der Waals surface area contributed by atoms with Crippen molar-refractivity contribution in [2.24, 2.45) is 0 Å². The molecule has 0 atom stereocenters. The highest BCUT2D eigenvalue weighted by molar-refractivity contribution is 5.89. The summed E-state index contributed by atoms with van der Waals surface area (Å²) in [5, 5.41) is 16.9. The molecule has 0 aliphatic rings. The van der Waals surface area contributed by atoms with Crippen LogP contribution in [-0.4, -0.2) is 21.1 Å². The number of hydrogen-bond acceptors (Lipinski definition) is 6. The molecule has 0 fully saturated rings. The average Bonchev–Trinajstić information content (AvgIpc) is 2.57. The minimum Gasteiger partial charge on any atom is -0.339 e. The van der Waals surface area contributed by atoms with Crippen LogP contribution in [0.2, 0.25) is 0 Å². The van der Waals surface area contributed by atoms with Gasteiger partial charge in [-0.3, -0.25) is 4.79 Å². The predicted octanol–water partition coefficient (Wildman–Crippen LogP) is 3.63. The first-order valence-corrected chi connectivity index (χ1v) is 7.76. The van der Waals surface area contributed by atoms with Crippen LogP contribution in [0.25, 0.3) is 0 Å². The molecule has 25 heavy (non-hydrogen) atoms. The van der Waals surface area contributed by atoms with Gasteiger partial charge in [0, 0.05) is 24.0 Å². The quantitative estimate of drug-likeness (QED) is 0.660. The van der Waals surface area contributed by atoms with E-state index in [-0.39, 0.29) is 5.91 Å². The van der Waals surface area contributed by atoms with Crippen molar-refractivity contribution < 1.29 is 4.79 Å². The summed E-state index contributed by atoms with van der Waals surface area (Å²) >= 11 is 0. The lowest BCUT2D eigenvalue weighted by atomic mass is 10.2. The Kier molecular flexibility index (Phi) is 4.84. The molecule has 0 aliphatic heterocycles. The van der Waals surface area contributed by atoms with Gasteiger partial charge in [0.1, 0.15) is 0 Å². The summed E-state index contributed by atoms with van der Waals surface area (Å²) in [5.41, 5.74) is 3.55. The fourth-order valence-corrected chi connectivity index (χ4v) is 2.21. The third kappa shape index (κ3) is 4.74. The molecule has 0 spiro atoms. The van der Waals surface area contributed by atoms with Crippen molar-refractivity contribution in [1.82, 2.24) is 15.2 Å². The molecule has 0 aliphatic carbocycles.